The second kappa shape index (κ2) is 12.2. The van der Waals surface area contributed by atoms with E-state index in [0.717, 1.165) is 26.2 Å². The zero-order valence-electron chi connectivity index (χ0n) is 10.6. The van der Waals surface area contributed by atoms with Gasteiger partial charge in [-0.1, -0.05) is 0 Å². The summed E-state index contributed by atoms with van der Waals surface area (Å²) in [7, 11) is 0. The van der Waals surface area contributed by atoms with E-state index >= 15 is 0 Å². The minimum absolute atomic E-state index is 1.14. The number of carboxylic acid groups (broad SMARTS) is 2. The molecule has 108 valence electrons. The SMILES string of the molecule is C1CNCCN1.CC(O)C(=O)O.CC(O)C(=O)O. The van der Waals surface area contributed by atoms with E-state index < -0.39 is 24.1 Å². The van der Waals surface area contributed by atoms with Crippen molar-refractivity contribution in [2.45, 2.75) is 26.1 Å². The standard InChI is InChI=1S/C4H10N2.2C3H6O3/c1-2-6-4-3-5-1;2*1-2(4)3(5)6/h5-6H,1-4H2;2*2,4H,1H3,(H,5,6). The Hall–Kier alpha value is -1.22. The van der Waals surface area contributed by atoms with Crippen molar-refractivity contribution >= 4 is 11.9 Å². The van der Waals surface area contributed by atoms with Crippen LogP contribution in [0.4, 0.5) is 0 Å². The van der Waals surface area contributed by atoms with Gasteiger partial charge in [0.25, 0.3) is 0 Å². The summed E-state index contributed by atoms with van der Waals surface area (Å²) < 4.78 is 0. The molecule has 0 bridgehead atoms. The average molecular weight is 266 g/mol. The fourth-order valence-electron chi connectivity index (χ4n) is 0.604. The Labute approximate surface area is 106 Å². The van der Waals surface area contributed by atoms with E-state index in [-0.39, 0.29) is 0 Å². The molecule has 0 aromatic heterocycles. The highest BCUT2D eigenvalue weighted by Gasteiger charge is 2.02. The molecule has 1 heterocycles. The van der Waals surface area contributed by atoms with Crippen LogP contribution in [0.1, 0.15) is 13.8 Å². The van der Waals surface area contributed by atoms with Crippen molar-refractivity contribution in [2.24, 2.45) is 0 Å². The first-order valence-electron chi connectivity index (χ1n) is 5.52. The van der Waals surface area contributed by atoms with Crippen LogP contribution in [0.5, 0.6) is 0 Å². The van der Waals surface area contributed by atoms with E-state index in [1.165, 1.54) is 13.8 Å². The highest BCUT2D eigenvalue weighted by molar-refractivity contribution is 5.71. The molecule has 1 saturated heterocycles. The minimum atomic E-state index is -1.23. The Morgan fingerprint density at radius 3 is 1.06 bits per heavy atom. The molecule has 8 heteroatoms. The lowest BCUT2D eigenvalue weighted by atomic mass is 10.4. The number of rotatable bonds is 2. The van der Waals surface area contributed by atoms with Crippen LogP contribution in [0, 0.1) is 0 Å². The lowest BCUT2D eigenvalue weighted by molar-refractivity contribution is -0.146. The van der Waals surface area contributed by atoms with Crippen LogP contribution < -0.4 is 10.6 Å². The van der Waals surface area contributed by atoms with Crippen LogP contribution in [0.2, 0.25) is 0 Å². The Bertz CT molecular complexity index is 199. The number of hydrogen-bond acceptors (Lipinski definition) is 6. The number of aliphatic hydroxyl groups is 2. The van der Waals surface area contributed by atoms with Gasteiger partial charge in [0, 0.05) is 26.2 Å². The molecular formula is C10H22N2O6. The Morgan fingerprint density at radius 1 is 0.833 bits per heavy atom. The normalized spacial score (nSPS) is 17.1. The summed E-state index contributed by atoms with van der Waals surface area (Å²) in [6.45, 7) is 6.95. The third kappa shape index (κ3) is 17.2. The number of carbonyl (C=O) groups is 2. The van der Waals surface area contributed by atoms with Crippen molar-refractivity contribution in [3.05, 3.63) is 0 Å². The number of nitrogens with one attached hydrogen (secondary N) is 2. The Balaban J connectivity index is 0. The molecule has 1 fully saturated rings. The first kappa shape index (κ1) is 19.1. The summed E-state index contributed by atoms with van der Waals surface area (Å²) >= 11 is 0. The zero-order chi connectivity index (χ0) is 14.6. The van der Waals surface area contributed by atoms with E-state index in [0.29, 0.717) is 0 Å². The number of hydrogen-bond donors (Lipinski definition) is 6. The Kier molecular flexibility index (Phi) is 13.0. The van der Waals surface area contributed by atoms with Crippen molar-refractivity contribution in [2.75, 3.05) is 26.2 Å². The van der Waals surface area contributed by atoms with Crippen molar-refractivity contribution in [1.29, 1.82) is 0 Å². The van der Waals surface area contributed by atoms with Crippen LogP contribution in [0.3, 0.4) is 0 Å². The predicted molar refractivity (Wildman–Crippen MR) is 64.4 cm³/mol. The summed E-state index contributed by atoms with van der Waals surface area (Å²) in [5.74, 6) is -2.37. The van der Waals surface area contributed by atoms with Gasteiger partial charge in [-0.3, -0.25) is 0 Å². The van der Waals surface area contributed by atoms with Crippen molar-refractivity contribution in [3.8, 4) is 0 Å². The van der Waals surface area contributed by atoms with Gasteiger partial charge in [-0.25, -0.2) is 9.59 Å². The van der Waals surface area contributed by atoms with Gasteiger partial charge in [-0.15, -0.1) is 0 Å². The van der Waals surface area contributed by atoms with E-state index in [4.69, 9.17) is 20.4 Å². The van der Waals surface area contributed by atoms with Gasteiger partial charge in [-0.2, -0.15) is 0 Å². The third-order valence-corrected chi connectivity index (χ3v) is 1.67. The van der Waals surface area contributed by atoms with Crippen molar-refractivity contribution in [1.82, 2.24) is 10.6 Å². The van der Waals surface area contributed by atoms with Gasteiger partial charge in [0.05, 0.1) is 0 Å². The third-order valence-electron chi connectivity index (χ3n) is 1.67. The van der Waals surface area contributed by atoms with Crippen molar-refractivity contribution in [3.63, 3.8) is 0 Å². The predicted octanol–water partition coefficient (Wildman–Crippen LogP) is -1.92. The van der Waals surface area contributed by atoms with Crippen LogP contribution in [0.15, 0.2) is 0 Å². The first-order chi connectivity index (χ1) is 8.29. The largest absolute Gasteiger partial charge is 0.479 e. The molecule has 0 amide bonds. The molecule has 2 unspecified atom stereocenters. The lowest BCUT2D eigenvalue weighted by Crippen LogP contribution is -2.39. The molecule has 1 rings (SSSR count). The summed E-state index contributed by atoms with van der Waals surface area (Å²) in [5.41, 5.74) is 0. The molecular weight excluding hydrogens is 244 g/mol. The second-order valence-electron chi connectivity index (χ2n) is 3.53. The van der Waals surface area contributed by atoms with E-state index in [1.807, 2.05) is 0 Å². The summed E-state index contributed by atoms with van der Waals surface area (Å²) in [4.78, 5) is 18.9. The maximum atomic E-state index is 9.45. The fraction of sp³-hybridized carbons (Fsp3) is 0.800. The molecule has 1 aliphatic rings. The molecule has 0 aliphatic carbocycles. The fourth-order valence-corrected chi connectivity index (χ4v) is 0.604. The lowest BCUT2D eigenvalue weighted by Gasteiger charge is -2.11. The molecule has 2 atom stereocenters. The smallest absolute Gasteiger partial charge is 0.332 e. The van der Waals surface area contributed by atoms with Crippen LogP contribution >= 0.6 is 0 Å². The molecule has 0 aromatic carbocycles. The summed E-state index contributed by atoms with van der Waals surface area (Å²) in [5, 5.41) is 38.0. The van der Waals surface area contributed by atoms with Gasteiger partial charge in [0.2, 0.25) is 0 Å². The molecule has 1 aliphatic heterocycles. The molecule has 8 nitrogen and oxygen atoms in total. The molecule has 0 spiro atoms. The molecule has 0 radical (unpaired) electrons. The van der Waals surface area contributed by atoms with Gasteiger partial charge in [-0.05, 0) is 13.8 Å². The summed E-state index contributed by atoms with van der Waals surface area (Å²) in [6.07, 6.45) is -2.46. The average Bonchev–Trinajstić information content (AvgIpc) is 2.32. The van der Waals surface area contributed by atoms with Crippen molar-refractivity contribution < 1.29 is 30.0 Å². The number of carboxylic acids is 2. The van der Waals surface area contributed by atoms with Gasteiger partial charge in [0.1, 0.15) is 12.2 Å². The minimum Gasteiger partial charge on any atom is -0.479 e. The van der Waals surface area contributed by atoms with Gasteiger partial charge >= 0.3 is 11.9 Å². The highest BCUT2D eigenvalue weighted by atomic mass is 16.4. The first-order valence-corrected chi connectivity index (χ1v) is 5.52. The highest BCUT2D eigenvalue weighted by Crippen LogP contribution is 1.74. The second-order valence-corrected chi connectivity index (χ2v) is 3.53. The monoisotopic (exact) mass is 266 g/mol. The van der Waals surface area contributed by atoms with E-state index in [1.54, 1.807) is 0 Å². The van der Waals surface area contributed by atoms with Crippen LogP contribution in [-0.4, -0.2) is 70.8 Å². The van der Waals surface area contributed by atoms with E-state index in [9.17, 15) is 9.59 Å². The molecule has 0 aromatic rings. The maximum Gasteiger partial charge on any atom is 0.332 e. The maximum absolute atomic E-state index is 9.45. The van der Waals surface area contributed by atoms with Crippen LogP contribution in [0.25, 0.3) is 0 Å². The number of aliphatic carboxylic acids is 2. The van der Waals surface area contributed by atoms with Gasteiger partial charge in [0.15, 0.2) is 0 Å². The zero-order valence-corrected chi connectivity index (χ0v) is 10.6. The van der Waals surface area contributed by atoms with Gasteiger partial charge < -0.3 is 31.1 Å². The molecule has 6 N–H and O–H groups in total. The number of piperazine rings is 1. The van der Waals surface area contributed by atoms with Crippen LogP contribution in [-0.2, 0) is 9.59 Å². The molecule has 0 saturated carbocycles. The summed E-state index contributed by atoms with van der Waals surface area (Å²) in [6, 6.07) is 0. The molecule has 18 heavy (non-hydrogen) atoms. The topological polar surface area (TPSA) is 139 Å². The number of aliphatic hydroxyl groups excluding tert-OH is 2. The Morgan fingerprint density at radius 2 is 1.00 bits per heavy atom. The quantitative estimate of drug-likeness (QED) is 0.340. The van der Waals surface area contributed by atoms with E-state index in [2.05, 4.69) is 10.6 Å².